The molecule has 0 saturated heterocycles. The van der Waals surface area contributed by atoms with Crippen LogP contribution in [0.1, 0.15) is 22.3 Å². The molecular weight excluding hydrogens is 318 g/mol. The van der Waals surface area contributed by atoms with Crippen LogP contribution in [0.15, 0.2) is 48.8 Å². The summed E-state index contributed by atoms with van der Waals surface area (Å²) in [5, 5.41) is 5.66. The van der Waals surface area contributed by atoms with Gasteiger partial charge in [-0.25, -0.2) is 0 Å². The van der Waals surface area contributed by atoms with Gasteiger partial charge < -0.3 is 15.4 Å². The Morgan fingerprint density at radius 2 is 1.96 bits per heavy atom. The topological polar surface area (TPSA) is 80.3 Å². The minimum Gasteiger partial charge on any atom is -0.493 e. The van der Waals surface area contributed by atoms with Gasteiger partial charge in [-0.2, -0.15) is 0 Å². The lowest BCUT2D eigenvalue weighted by atomic mass is 9.96. The summed E-state index contributed by atoms with van der Waals surface area (Å²) in [6.45, 7) is 1.30. The molecule has 0 saturated carbocycles. The van der Waals surface area contributed by atoms with E-state index in [9.17, 15) is 9.59 Å². The molecule has 1 aromatic heterocycles. The largest absolute Gasteiger partial charge is 0.493 e. The number of amides is 2. The van der Waals surface area contributed by atoms with Crippen molar-refractivity contribution in [3.63, 3.8) is 0 Å². The average Bonchev–Trinajstić information content (AvgIpc) is 2.88. The van der Waals surface area contributed by atoms with E-state index in [4.69, 9.17) is 4.74 Å². The lowest BCUT2D eigenvalue weighted by Crippen LogP contribution is -2.38. The number of carbonyl (C=O) groups excluding carboxylic acids is 2. The van der Waals surface area contributed by atoms with Crippen LogP contribution in [0.25, 0.3) is 0 Å². The van der Waals surface area contributed by atoms with Crippen LogP contribution in [-0.4, -0.2) is 36.5 Å². The first-order valence-corrected chi connectivity index (χ1v) is 8.40. The first-order valence-electron chi connectivity index (χ1n) is 8.40. The molecule has 0 radical (unpaired) electrons. The third-order valence-corrected chi connectivity index (χ3v) is 4.17. The molecule has 6 heteroatoms. The lowest BCUT2D eigenvalue weighted by molar-refractivity contribution is -0.125. The highest BCUT2D eigenvalue weighted by Gasteiger charge is 2.23. The molecule has 1 aliphatic heterocycles. The van der Waals surface area contributed by atoms with Crippen LogP contribution in [0.5, 0.6) is 5.75 Å². The van der Waals surface area contributed by atoms with Crippen LogP contribution in [0.4, 0.5) is 0 Å². The van der Waals surface area contributed by atoms with Crippen molar-refractivity contribution in [3.8, 4) is 5.75 Å². The molecule has 6 nitrogen and oxygen atoms in total. The molecule has 0 spiro atoms. The van der Waals surface area contributed by atoms with Gasteiger partial charge in [-0.3, -0.25) is 14.6 Å². The molecule has 1 unspecified atom stereocenters. The molecule has 25 heavy (non-hydrogen) atoms. The third-order valence-electron chi connectivity index (χ3n) is 4.17. The smallest absolute Gasteiger partial charge is 0.252 e. The molecule has 1 aliphatic rings. The number of nitrogens with one attached hydrogen (secondary N) is 2. The first-order chi connectivity index (χ1) is 12.2. The quantitative estimate of drug-likeness (QED) is 0.811. The number of carbonyl (C=O) groups is 2. The van der Waals surface area contributed by atoms with Crippen LogP contribution >= 0.6 is 0 Å². The fourth-order valence-electron chi connectivity index (χ4n) is 2.82. The predicted molar refractivity (Wildman–Crippen MR) is 93.3 cm³/mol. The Hall–Kier alpha value is -2.89. The van der Waals surface area contributed by atoms with Crippen molar-refractivity contribution in [1.82, 2.24) is 15.6 Å². The summed E-state index contributed by atoms with van der Waals surface area (Å²) in [5.74, 6) is 0.550. The zero-order valence-corrected chi connectivity index (χ0v) is 13.9. The van der Waals surface area contributed by atoms with Gasteiger partial charge in [0.25, 0.3) is 5.91 Å². The zero-order valence-electron chi connectivity index (χ0n) is 13.9. The zero-order chi connectivity index (χ0) is 17.5. The van der Waals surface area contributed by atoms with E-state index < -0.39 is 0 Å². The number of hydrogen-bond acceptors (Lipinski definition) is 4. The maximum Gasteiger partial charge on any atom is 0.252 e. The SMILES string of the molecule is O=C(NCCNC(=O)C1CCOc2ccccc2C1)c1cccnc1. The van der Waals surface area contributed by atoms with Gasteiger partial charge in [-0.15, -0.1) is 0 Å². The molecule has 130 valence electrons. The average molecular weight is 339 g/mol. The van der Waals surface area contributed by atoms with Crippen molar-refractivity contribution in [2.45, 2.75) is 12.8 Å². The Bertz CT molecular complexity index is 734. The van der Waals surface area contributed by atoms with Gasteiger partial charge in [0.1, 0.15) is 5.75 Å². The molecule has 2 aromatic rings. The highest BCUT2D eigenvalue weighted by atomic mass is 16.5. The lowest BCUT2D eigenvalue weighted by Gasteiger charge is -2.14. The molecule has 0 aliphatic carbocycles. The summed E-state index contributed by atoms with van der Waals surface area (Å²) >= 11 is 0. The minimum atomic E-state index is -0.195. The fraction of sp³-hybridized carbons (Fsp3) is 0.316. The molecule has 2 N–H and O–H groups in total. The summed E-state index contributed by atoms with van der Waals surface area (Å²) in [4.78, 5) is 28.2. The highest BCUT2D eigenvalue weighted by Crippen LogP contribution is 2.26. The molecule has 2 heterocycles. The van der Waals surface area contributed by atoms with E-state index in [2.05, 4.69) is 15.6 Å². The van der Waals surface area contributed by atoms with Gasteiger partial charge in [-0.1, -0.05) is 18.2 Å². The van der Waals surface area contributed by atoms with Crippen LogP contribution < -0.4 is 15.4 Å². The Morgan fingerprint density at radius 3 is 2.80 bits per heavy atom. The molecule has 1 atom stereocenters. The monoisotopic (exact) mass is 339 g/mol. The first kappa shape index (κ1) is 17.0. The Morgan fingerprint density at radius 1 is 1.12 bits per heavy atom. The number of benzene rings is 1. The molecule has 0 bridgehead atoms. The van der Waals surface area contributed by atoms with Gasteiger partial charge >= 0.3 is 0 Å². The Balaban J connectivity index is 1.44. The number of nitrogens with zero attached hydrogens (tertiary/aromatic N) is 1. The summed E-state index contributed by atoms with van der Waals surface area (Å²) in [6.07, 6.45) is 4.48. The van der Waals surface area contributed by atoms with Crippen molar-refractivity contribution >= 4 is 11.8 Å². The summed E-state index contributed by atoms with van der Waals surface area (Å²) in [6, 6.07) is 11.2. The molecule has 0 fully saturated rings. The van der Waals surface area contributed by atoms with E-state index in [1.54, 1.807) is 18.3 Å². The van der Waals surface area contributed by atoms with E-state index in [1.165, 1.54) is 6.20 Å². The van der Waals surface area contributed by atoms with Gasteiger partial charge in [0.05, 0.1) is 12.2 Å². The van der Waals surface area contributed by atoms with Crippen LogP contribution in [-0.2, 0) is 11.2 Å². The van der Waals surface area contributed by atoms with Gasteiger partial charge in [0.15, 0.2) is 0 Å². The number of para-hydroxylation sites is 1. The fourth-order valence-corrected chi connectivity index (χ4v) is 2.82. The second-order valence-corrected chi connectivity index (χ2v) is 5.93. The number of fused-ring (bicyclic) bond motifs is 1. The molecule has 3 rings (SSSR count). The van der Waals surface area contributed by atoms with E-state index in [0.29, 0.717) is 38.1 Å². The maximum atomic E-state index is 12.4. The second-order valence-electron chi connectivity index (χ2n) is 5.93. The Kier molecular flexibility index (Phi) is 5.61. The van der Waals surface area contributed by atoms with Gasteiger partial charge in [-0.05, 0) is 36.6 Å². The van der Waals surface area contributed by atoms with E-state index >= 15 is 0 Å². The van der Waals surface area contributed by atoms with Gasteiger partial charge in [0.2, 0.25) is 5.91 Å². The number of ether oxygens (including phenoxy) is 1. The van der Waals surface area contributed by atoms with Gasteiger partial charge in [0, 0.05) is 31.4 Å². The van der Waals surface area contributed by atoms with Crippen LogP contribution in [0, 0.1) is 5.92 Å². The Labute approximate surface area is 146 Å². The van der Waals surface area contributed by atoms with Crippen LogP contribution in [0.3, 0.4) is 0 Å². The third kappa shape index (κ3) is 4.56. The standard InChI is InChI=1S/C19H21N3O3/c23-18(15-7-11-25-17-6-2-1-4-14(17)12-15)21-9-10-22-19(24)16-5-3-8-20-13-16/h1-6,8,13,15H,7,9-12H2,(H,21,23)(H,22,24). The second kappa shape index (κ2) is 8.28. The van der Waals surface area contributed by atoms with E-state index in [0.717, 1.165) is 11.3 Å². The molecule has 2 amide bonds. The van der Waals surface area contributed by atoms with Crippen molar-refractivity contribution in [2.75, 3.05) is 19.7 Å². The van der Waals surface area contributed by atoms with E-state index in [-0.39, 0.29) is 17.7 Å². The minimum absolute atomic E-state index is 0.00377. The van der Waals surface area contributed by atoms with Crippen molar-refractivity contribution in [2.24, 2.45) is 5.92 Å². The summed E-state index contributed by atoms with van der Waals surface area (Å²) in [7, 11) is 0. The number of rotatable bonds is 5. The summed E-state index contributed by atoms with van der Waals surface area (Å²) in [5.41, 5.74) is 1.57. The van der Waals surface area contributed by atoms with Crippen LogP contribution in [0.2, 0.25) is 0 Å². The van der Waals surface area contributed by atoms with E-state index in [1.807, 2.05) is 24.3 Å². The number of aromatic nitrogens is 1. The normalized spacial score (nSPS) is 16.1. The number of hydrogen-bond donors (Lipinski definition) is 2. The number of pyridine rings is 1. The maximum absolute atomic E-state index is 12.4. The van der Waals surface area contributed by atoms with Crippen molar-refractivity contribution in [1.29, 1.82) is 0 Å². The molecular formula is C19H21N3O3. The van der Waals surface area contributed by atoms with Crippen molar-refractivity contribution < 1.29 is 14.3 Å². The highest BCUT2D eigenvalue weighted by molar-refractivity contribution is 5.93. The predicted octanol–water partition coefficient (Wildman–Crippen LogP) is 1.57. The van der Waals surface area contributed by atoms with Crippen molar-refractivity contribution in [3.05, 3.63) is 59.9 Å². The molecule has 1 aromatic carbocycles. The summed E-state index contributed by atoms with van der Waals surface area (Å²) < 4.78 is 5.69.